The van der Waals surface area contributed by atoms with Crippen LogP contribution in [0.5, 0.6) is 0 Å². The van der Waals surface area contributed by atoms with E-state index in [9.17, 15) is 0 Å². The maximum atomic E-state index is 3.57. The molecule has 1 aromatic carbocycles. The molecule has 2 nitrogen and oxygen atoms in total. The Balaban J connectivity index is 2.73. The third-order valence-electron chi connectivity index (χ3n) is 3.31. The molecule has 18 heavy (non-hydrogen) atoms. The van der Waals surface area contributed by atoms with E-state index in [-0.39, 0.29) is 0 Å². The fraction of sp³-hybridized carbons (Fsp3) is 0.625. The number of hydrogen-bond donors (Lipinski definition) is 1. The van der Waals surface area contributed by atoms with E-state index in [1.165, 1.54) is 24.9 Å². The third kappa shape index (κ3) is 4.79. The Morgan fingerprint density at radius 1 is 1.06 bits per heavy atom. The summed E-state index contributed by atoms with van der Waals surface area (Å²) in [4.78, 5) is 2.57. The molecule has 1 N–H and O–H groups in total. The summed E-state index contributed by atoms with van der Waals surface area (Å²) in [6.45, 7) is 11.2. The average Bonchev–Trinajstić information content (AvgIpc) is 2.43. The van der Waals surface area contributed by atoms with Crippen molar-refractivity contribution in [1.82, 2.24) is 10.2 Å². The lowest BCUT2D eigenvalue weighted by molar-refractivity contribution is 0.203. The SMILES string of the molecule is CCCNCC(c1ccccc1)N(CC)CCC. The van der Waals surface area contributed by atoms with Gasteiger partial charge in [0.1, 0.15) is 0 Å². The van der Waals surface area contributed by atoms with Gasteiger partial charge in [-0.15, -0.1) is 0 Å². The molecule has 1 aromatic rings. The largest absolute Gasteiger partial charge is 0.315 e. The lowest BCUT2D eigenvalue weighted by Gasteiger charge is -2.31. The smallest absolute Gasteiger partial charge is 0.0472 e. The first-order valence-electron chi connectivity index (χ1n) is 7.33. The van der Waals surface area contributed by atoms with Crippen molar-refractivity contribution in [3.63, 3.8) is 0 Å². The van der Waals surface area contributed by atoms with Gasteiger partial charge in [0.2, 0.25) is 0 Å². The Morgan fingerprint density at radius 3 is 2.33 bits per heavy atom. The van der Waals surface area contributed by atoms with Crippen LogP contribution in [0.15, 0.2) is 30.3 Å². The monoisotopic (exact) mass is 248 g/mol. The van der Waals surface area contributed by atoms with E-state index >= 15 is 0 Å². The van der Waals surface area contributed by atoms with Crippen molar-refractivity contribution in [1.29, 1.82) is 0 Å². The van der Waals surface area contributed by atoms with Gasteiger partial charge in [-0.05, 0) is 38.0 Å². The summed E-state index contributed by atoms with van der Waals surface area (Å²) < 4.78 is 0. The van der Waals surface area contributed by atoms with Crippen LogP contribution in [-0.2, 0) is 0 Å². The Kier molecular flexibility index (Phi) is 7.70. The third-order valence-corrected chi connectivity index (χ3v) is 3.31. The van der Waals surface area contributed by atoms with Crippen LogP contribution < -0.4 is 5.32 Å². The predicted molar refractivity (Wildman–Crippen MR) is 79.9 cm³/mol. The van der Waals surface area contributed by atoms with Gasteiger partial charge in [-0.3, -0.25) is 4.90 Å². The first kappa shape index (κ1) is 15.2. The topological polar surface area (TPSA) is 15.3 Å². The molecule has 0 saturated carbocycles. The molecule has 0 aliphatic carbocycles. The highest BCUT2D eigenvalue weighted by molar-refractivity contribution is 5.19. The fourth-order valence-corrected chi connectivity index (χ4v) is 2.37. The van der Waals surface area contributed by atoms with E-state index in [1.54, 1.807) is 0 Å². The standard InChI is InChI=1S/C16H28N2/c1-4-12-17-14-16(18(6-3)13-5-2)15-10-8-7-9-11-15/h7-11,16-17H,4-6,12-14H2,1-3H3. The van der Waals surface area contributed by atoms with Gasteiger partial charge in [-0.1, -0.05) is 51.1 Å². The molecule has 0 aliphatic rings. The Bertz CT molecular complexity index is 297. The summed E-state index contributed by atoms with van der Waals surface area (Å²) in [6.07, 6.45) is 2.41. The van der Waals surface area contributed by atoms with Crippen molar-refractivity contribution in [3.05, 3.63) is 35.9 Å². The zero-order chi connectivity index (χ0) is 13.2. The molecule has 2 heteroatoms. The highest BCUT2D eigenvalue weighted by Gasteiger charge is 2.17. The number of hydrogen-bond acceptors (Lipinski definition) is 2. The van der Waals surface area contributed by atoms with E-state index in [4.69, 9.17) is 0 Å². The second kappa shape index (κ2) is 9.12. The minimum Gasteiger partial charge on any atom is -0.315 e. The molecular weight excluding hydrogens is 220 g/mol. The number of nitrogens with zero attached hydrogens (tertiary/aromatic N) is 1. The Morgan fingerprint density at radius 2 is 1.78 bits per heavy atom. The lowest BCUT2D eigenvalue weighted by atomic mass is 10.0. The van der Waals surface area contributed by atoms with Gasteiger partial charge in [0.25, 0.3) is 0 Å². The second-order valence-electron chi connectivity index (χ2n) is 4.76. The van der Waals surface area contributed by atoms with Crippen molar-refractivity contribution in [2.24, 2.45) is 0 Å². The minimum absolute atomic E-state index is 0.502. The molecule has 0 bridgehead atoms. The Labute approximate surface area is 112 Å². The maximum absolute atomic E-state index is 3.57. The molecule has 0 radical (unpaired) electrons. The molecule has 0 heterocycles. The molecule has 1 rings (SSSR count). The first-order valence-corrected chi connectivity index (χ1v) is 7.33. The van der Waals surface area contributed by atoms with E-state index in [1.807, 2.05) is 0 Å². The normalized spacial score (nSPS) is 12.9. The molecule has 0 amide bonds. The minimum atomic E-state index is 0.502. The van der Waals surface area contributed by atoms with E-state index in [0.717, 1.165) is 19.6 Å². The van der Waals surface area contributed by atoms with Crippen LogP contribution in [0.2, 0.25) is 0 Å². The van der Waals surface area contributed by atoms with Gasteiger partial charge >= 0.3 is 0 Å². The number of rotatable bonds is 9. The van der Waals surface area contributed by atoms with Crippen molar-refractivity contribution >= 4 is 0 Å². The van der Waals surface area contributed by atoms with Crippen molar-refractivity contribution < 1.29 is 0 Å². The van der Waals surface area contributed by atoms with Gasteiger partial charge in [0.15, 0.2) is 0 Å². The highest BCUT2D eigenvalue weighted by atomic mass is 15.2. The first-order chi connectivity index (χ1) is 8.83. The lowest BCUT2D eigenvalue weighted by Crippen LogP contribution is -2.36. The highest BCUT2D eigenvalue weighted by Crippen LogP contribution is 2.19. The van der Waals surface area contributed by atoms with Crippen LogP contribution in [0.4, 0.5) is 0 Å². The molecule has 0 spiro atoms. The van der Waals surface area contributed by atoms with Gasteiger partial charge in [0.05, 0.1) is 0 Å². The van der Waals surface area contributed by atoms with Gasteiger partial charge in [-0.2, -0.15) is 0 Å². The van der Waals surface area contributed by atoms with Crippen LogP contribution in [0.25, 0.3) is 0 Å². The van der Waals surface area contributed by atoms with Crippen LogP contribution in [0.3, 0.4) is 0 Å². The molecule has 0 fully saturated rings. The molecule has 1 atom stereocenters. The van der Waals surface area contributed by atoms with Crippen molar-refractivity contribution in [2.75, 3.05) is 26.2 Å². The van der Waals surface area contributed by atoms with E-state index < -0.39 is 0 Å². The summed E-state index contributed by atoms with van der Waals surface area (Å²) in [5.74, 6) is 0. The molecular formula is C16H28N2. The number of benzene rings is 1. The summed E-state index contributed by atoms with van der Waals surface area (Å²) in [6, 6.07) is 11.4. The molecule has 0 aromatic heterocycles. The number of likely N-dealkylation sites (N-methyl/N-ethyl adjacent to an activating group) is 1. The van der Waals surface area contributed by atoms with Crippen LogP contribution in [0.1, 0.15) is 45.2 Å². The maximum Gasteiger partial charge on any atom is 0.0472 e. The Hall–Kier alpha value is -0.860. The predicted octanol–water partition coefficient (Wildman–Crippen LogP) is 3.46. The fourth-order valence-electron chi connectivity index (χ4n) is 2.37. The van der Waals surface area contributed by atoms with E-state index in [2.05, 4.69) is 61.3 Å². The number of nitrogens with one attached hydrogen (secondary N) is 1. The second-order valence-corrected chi connectivity index (χ2v) is 4.76. The molecule has 0 aliphatic heterocycles. The van der Waals surface area contributed by atoms with E-state index in [0.29, 0.717) is 6.04 Å². The van der Waals surface area contributed by atoms with Crippen molar-refractivity contribution in [3.8, 4) is 0 Å². The summed E-state index contributed by atoms with van der Waals surface area (Å²) >= 11 is 0. The quantitative estimate of drug-likeness (QED) is 0.673. The van der Waals surface area contributed by atoms with Gasteiger partial charge in [-0.25, -0.2) is 0 Å². The van der Waals surface area contributed by atoms with Crippen molar-refractivity contribution in [2.45, 2.75) is 39.7 Å². The summed E-state index contributed by atoms with van der Waals surface area (Å²) in [5.41, 5.74) is 1.43. The van der Waals surface area contributed by atoms with Crippen LogP contribution in [-0.4, -0.2) is 31.1 Å². The van der Waals surface area contributed by atoms with Gasteiger partial charge in [0, 0.05) is 12.6 Å². The zero-order valence-corrected chi connectivity index (χ0v) is 12.2. The summed E-state index contributed by atoms with van der Waals surface area (Å²) in [5, 5.41) is 3.57. The van der Waals surface area contributed by atoms with Crippen LogP contribution >= 0.6 is 0 Å². The van der Waals surface area contributed by atoms with Crippen LogP contribution in [0, 0.1) is 0 Å². The van der Waals surface area contributed by atoms with Gasteiger partial charge < -0.3 is 5.32 Å². The summed E-state index contributed by atoms with van der Waals surface area (Å²) in [7, 11) is 0. The molecule has 1 unspecified atom stereocenters. The molecule has 0 saturated heterocycles. The average molecular weight is 248 g/mol. The zero-order valence-electron chi connectivity index (χ0n) is 12.2. The molecule has 102 valence electrons.